The van der Waals surface area contributed by atoms with Crippen LogP contribution < -0.4 is 10.1 Å². The molecular formula is C24H31NO5. The smallest absolute Gasteiger partial charge is 0.408 e. The number of alkyl carbamates (subject to hydrolysis) is 1. The van der Waals surface area contributed by atoms with Gasteiger partial charge in [0, 0.05) is 6.42 Å². The van der Waals surface area contributed by atoms with Crippen LogP contribution in [0.25, 0.3) is 0 Å². The molecule has 0 aromatic heterocycles. The molecule has 6 nitrogen and oxygen atoms in total. The Balaban J connectivity index is 2.05. The minimum Gasteiger partial charge on any atom is -0.487 e. The Morgan fingerprint density at radius 2 is 1.50 bits per heavy atom. The van der Waals surface area contributed by atoms with Gasteiger partial charge < -0.3 is 19.5 Å². The quantitative estimate of drug-likeness (QED) is 0.644. The van der Waals surface area contributed by atoms with E-state index in [4.69, 9.17) is 14.2 Å². The summed E-state index contributed by atoms with van der Waals surface area (Å²) in [5.41, 5.74) is 0.369. The van der Waals surface area contributed by atoms with E-state index in [1.807, 2.05) is 67.6 Å². The van der Waals surface area contributed by atoms with Crippen molar-refractivity contribution in [1.29, 1.82) is 0 Å². The summed E-state index contributed by atoms with van der Waals surface area (Å²) in [5, 5.41) is 2.52. The molecule has 3 atom stereocenters. The van der Waals surface area contributed by atoms with Crippen LogP contribution in [0.5, 0.6) is 5.75 Å². The molecule has 0 aliphatic heterocycles. The SMILES string of the molecule is C[C@H](NC(=O)OC(C)(C)C)C(=O)O[C@H](Cc1ccccc1)[C@H](C)Oc1ccccc1. The molecule has 0 fully saturated rings. The van der Waals surface area contributed by atoms with Gasteiger partial charge in [-0.25, -0.2) is 9.59 Å². The molecule has 2 rings (SSSR count). The third-order valence-electron chi connectivity index (χ3n) is 4.22. The zero-order chi connectivity index (χ0) is 22.1. The Labute approximate surface area is 178 Å². The molecule has 30 heavy (non-hydrogen) atoms. The van der Waals surface area contributed by atoms with Gasteiger partial charge in [-0.05, 0) is 52.3 Å². The highest BCUT2D eigenvalue weighted by atomic mass is 16.6. The molecule has 6 heteroatoms. The van der Waals surface area contributed by atoms with Gasteiger partial charge in [0.05, 0.1) is 0 Å². The highest BCUT2D eigenvalue weighted by Gasteiger charge is 2.28. The van der Waals surface area contributed by atoms with Crippen LogP contribution >= 0.6 is 0 Å². The van der Waals surface area contributed by atoms with Crippen LogP contribution in [0.4, 0.5) is 4.79 Å². The average molecular weight is 414 g/mol. The molecule has 0 saturated heterocycles. The molecule has 2 aromatic rings. The summed E-state index contributed by atoms with van der Waals surface area (Å²) in [5.74, 6) is 0.143. The first kappa shape index (κ1) is 23.3. The van der Waals surface area contributed by atoms with E-state index in [2.05, 4.69) is 5.32 Å². The molecule has 1 N–H and O–H groups in total. The number of carbonyl (C=O) groups is 2. The Kier molecular flexibility index (Phi) is 8.27. The summed E-state index contributed by atoms with van der Waals surface area (Å²) in [6.45, 7) is 8.70. The maximum Gasteiger partial charge on any atom is 0.408 e. The Morgan fingerprint density at radius 1 is 0.933 bits per heavy atom. The topological polar surface area (TPSA) is 73.9 Å². The van der Waals surface area contributed by atoms with Crippen molar-refractivity contribution in [2.75, 3.05) is 0 Å². The van der Waals surface area contributed by atoms with Crippen molar-refractivity contribution in [3.63, 3.8) is 0 Å². The second-order valence-electron chi connectivity index (χ2n) is 8.17. The standard InChI is InChI=1S/C24H31NO5/c1-17(25-23(27)30-24(3,4)5)22(26)29-21(16-19-12-8-6-9-13-19)18(2)28-20-14-10-7-11-15-20/h6-15,17-18,21H,16H2,1-5H3,(H,25,27)/t17-,18-,21+/m0/s1. The van der Waals surface area contributed by atoms with E-state index >= 15 is 0 Å². The second kappa shape index (κ2) is 10.7. The first-order chi connectivity index (χ1) is 14.1. The number of para-hydroxylation sites is 1. The van der Waals surface area contributed by atoms with E-state index in [1.54, 1.807) is 27.7 Å². The lowest BCUT2D eigenvalue weighted by Gasteiger charge is -2.27. The summed E-state index contributed by atoms with van der Waals surface area (Å²) in [4.78, 5) is 24.6. The van der Waals surface area contributed by atoms with Crippen LogP contribution in [0.15, 0.2) is 60.7 Å². The number of rotatable bonds is 8. The molecule has 0 aliphatic rings. The third-order valence-corrected chi connectivity index (χ3v) is 4.22. The number of nitrogens with one attached hydrogen (secondary N) is 1. The van der Waals surface area contributed by atoms with Gasteiger partial charge >= 0.3 is 12.1 Å². The second-order valence-corrected chi connectivity index (χ2v) is 8.17. The highest BCUT2D eigenvalue weighted by molar-refractivity contribution is 5.81. The molecule has 0 spiro atoms. The van der Waals surface area contributed by atoms with Crippen LogP contribution in [-0.2, 0) is 20.7 Å². The zero-order valence-electron chi connectivity index (χ0n) is 18.3. The lowest BCUT2D eigenvalue weighted by molar-refractivity contribution is -0.155. The van der Waals surface area contributed by atoms with E-state index in [0.29, 0.717) is 12.2 Å². The van der Waals surface area contributed by atoms with Crippen molar-refractivity contribution < 1.29 is 23.8 Å². The van der Waals surface area contributed by atoms with Crippen molar-refractivity contribution in [2.24, 2.45) is 0 Å². The fourth-order valence-electron chi connectivity index (χ4n) is 2.73. The van der Waals surface area contributed by atoms with Crippen LogP contribution in [0.1, 0.15) is 40.2 Å². The third kappa shape index (κ3) is 8.15. The van der Waals surface area contributed by atoms with Crippen LogP contribution in [0.3, 0.4) is 0 Å². The van der Waals surface area contributed by atoms with Gasteiger partial charge in [0.25, 0.3) is 0 Å². The molecule has 0 heterocycles. The van der Waals surface area contributed by atoms with E-state index in [0.717, 1.165) is 5.56 Å². The number of carbonyl (C=O) groups excluding carboxylic acids is 2. The van der Waals surface area contributed by atoms with Crippen molar-refractivity contribution >= 4 is 12.1 Å². The first-order valence-electron chi connectivity index (χ1n) is 10.1. The van der Waals surface area contributed by atoms with Crippen molar-refractivity contribution in [3.8, 4) is 5.75 Å². The van der Waals surface area contributed by atoms with Gasteiger partial charge in [-0.1, -0.05) is 48.5 Å². The maximum atomic E-state index is 12.7. The summed E-state index contributed by atoms with van der Waals surface area (Å²) in [7, 11) is 0. The largest absolute Gasteiger partial charge is 0.487 e. The minimum absolute atomic E-state index is 0.398. The fourth-order valence-corrected chi connectivity index (χ4v) is 2.73. The molecule has 162 valence electrons. The van der Waals surface area contributed by atoms with Crippen LogP contribution in [0, 0.1) is 0 Å². The van der Waals surface area contributed by atoms with Gasteiger partial charge in [0.15, 0.2) is 0 Å². The monoisotopic (exact) mass is 413 g/mol. The zero-order valence-corrected chi connectivity index (χ0v) is 18.3. The number of esters is 1. The molecule has 0 unspecified atom stereocenters. The van der Waals surface area contributed by atoms with Gasteiger partial charge in [-0.15, -0.1) is 0 Å². The summed E-state index contributed by atoms with van der Waals surface area (Å²) >= 11 is 0. The lowest BCUT2D eigenvalue weighted by atomic mass is 10.0. The number of ether oxygens (including phenoxy) is 3. The van der Waals surface area contributed by atoms with E-state index in [-0.39, 0.29) is 0 Å². The first-order valence-corrected chi connectivity index (χ1v) is 10.1. The maximum absolute atomic E-state index is 12.7. The summed E-state index contributed by atoms with van der Waals surface area (Å²) < 4.78 is 16.9. The summed E-state index contributed by atoms with van der Waals surface area (Å²) in [6, 6.07) is 18.3. The van der Waals surface area contributed by atoms with Crippen molar-refractivity contribution in [1.82, 2.24) is 5.32 Å². The highest BCUT2D eigenvalue weighted by Crippen LogP contribution is 2.17. The predicted octanol–water partition coefficient (Wildman–Crippen LogP) is 4.52. The van der Waals surface area contributed by atoms with Crippen LogP contribution in [0.2, 0.25) is 0 Å². The van der Waals surface area contributed by atoms with Crippen molar-refractivity contribution in [3.05, 3.63) is 66.2 Å². The van der Waals surface area contributed by atoms with E-state index in [1.165, 1.54) is 0 Å². The predicted molar refractivity (Wildman–Crippen MR) is 115 cm³/mol. The molecule has 0 radical (unpaired) electrons. The number of amides is 1. The van der Waals surface area contributed by atoms with Gasteiger partial charge in [0.1, 0.15) is 29.6 Å². The van der Waals surface area contributed by atoms with Crippen LogP contribution in [-0.4, -0.2) is 35.9 Å². The average Bonchev–Trinajstić information content (AvgIpc) is 2.67. The van der Waals surface area contributed by atoms with Gasteiger partial charge in [-0.2, -0.15) is 0 Å². The van der Waals surface area contributed by atoms with Crippen molar-refractivity contribution in [2.45, 2.75) is 64.9 Å². The molecular weight excluding hydrogens is 382 g/mol. The number of hydrogen-bond donors (Lipinski definition) is 1. The molecule has 0 aliphatic carbocycles. The molecule has 0 saturated carbocycles. The normalized spacial score (nSPS) is 14.2. The minimum atomic E-state index is -0.859. The fraction of sp³-hybridized carbons (Fsp3) is 0.417. The Bertz CT molecular complexity index is 801. The van der Waals surface area contributed by atoms with E-state index in [9.17, 15) is 9.59 Å². The summed E-state index contributed by atoms with van der Waals surface area (Å²) in [6.07, 6.45) is -1.12. The van der Waals surface area contributed by atoms with E-state index < -0.39 is 35.9 Å². The van der Waals surface area contributed by atoms with Gasteiger partial charge in [-0.3, -0.25) is 0 Å². The molecule has 1 amide bonds. The molecule has 0 bridgehead atoms. The number of hydrogen-bond acceptors (Lipinski definition) is 5. The lowest BCUT2D eigenvalue weighted by Crippen LogP contribution is -2.45. The molecule has 2 aromatic carbocycles. The Hall–Kier alpha value is -3.02. The Morgan fingerprint density at radius 3 is 2.07 bits per heavy atom. The van der Waals surface area contributed by atoms with Gasteiger partial charge in [0.2, 0.25) is 0 Å². The number of benzene rings is 2.